The molecule has 4 N–H and O–H groups in total. The summed E-state index contributed by atoms with van der Waals surface area (Å²) in [4.78, 5) is 20.1. The van der Waals surface area contributed by atoms with Gasteiger partial charge in [0.15, 0.2) is 5.82 Å². The Kier molecular flexibility index (Phi) is 5.18. The number of ether oxygens (including phenoxy) is 2. The van der Waals surface area contributed by atoms with Gasteiger partial charge in [0.1, 0.15) is 45.9 Å². The lowest BCUT2D eigenvalue weighted by Crippen LogP contribution is -2.32. The molecule has 1 unspecified atom stereocenters. The van der Waals surface area contributed by atoms with Crippen molar-refractivity contribution in [3.63, 3.8) is 0 Å². The Hall–Kier alpha value is -4.76. The minimum atomic E-state index is -0.671. The molecule has 5 aromatic rings. The van der Waals surface area contributed by atoms with Gasteiger partial charge in [-0.25, -0.2) is 14.4 Å². The lowest BCUT2D eigenvalue weighted by atomic mass is 10.0. The monoisotopic (exact) mass is 540 g/mol. The van der Waals surface area contributed by atoms with Gasteiger partial charge in [-0.3, -0.25) is 0 Å². The molecule has 0 saturated heterocycles. The number of nitriles is 1. The molecule has 0 fully saturated rings. The molecule has 0 spiro atoms. The fourth-order valence-corrected chi connectivity index (χ4v) is 6.64. The Morgan fingerprint density at radius 2 is 2.08 bits per heavy atom. The molecule has 0 radical (unpaired) electrons. The van der Waals surface area contributed by atoms with Crippen LogP contribution in [0.2, 0.25) is 0 Å². The van der Waals surface area contributed by atoms with Crippen LogP contribution in [0.15, 0.2) is 30.5 Å². The Balaban J connectivity index is 1.49. The summed E-state index contributed by atoms with van der Waals surface area (Å²) >= 11 is 1.27. The average molecular weight is 541 g/mol. The van der Waals surface area contributed by atoms with Crippen LogP contribution >= 0.6 is 11.3 Å². The third kappa shape index (κ3) is 3.36. The number of thiophene rings is 1. The minimum absolute atomic E-state index is 0.0113. The number of halogens is 1. The third-order valence-corrected chi connectivity index (χ3v) is 8.34. The first-order valence-corrected chi connectivity index (χ1v) is 13.1. The summed E-state index contributed by atoms with van der Waals surface area (Å²) in [7, 11) is 1.44. The molecule has 1 aromatic carbocycles. The maximum absolute atomic E-state index is 16.5. The second kappa shape index (κ2) is 8.64. The van der Waals surface area contributed by atoms with Crippen molar-refractivity contribution in [3.8, 4) is 29.2 Å². The smallest absolute Gasteiger partial charge is 0.318 e. The first kappa shape index (κ1) is 23.4. The molecule has 0 saturated carbocycles. The number of nitrogen functional groups attached to an aromatic ring is 2. The second-order valence-corrected chi connectivity index (χ2v) is 10.4. The molecule has 194 valence electrons. The minimum Gasteiger partial charge on any atom is -0.475 e. The van der Waals surface area contributed by atoms with Crippen LogP contribution in [0, 0.1) is 17.1 Å². The van der Waals surface area contributed by atoms with Crippen LogP contribution in [0.25, 0.3) is 32.2 Å². The van der Waals surface area contributed by atoms with E-state index < -0.39 is 5.82 Å². The molecule has 7 rings (SSSR count). The van der Waals surface area contributed by atoms with Crippen molar-refractivity contribution in [2.24, 2.45) is 0 Å². The van der Waals surface area contributed by atoms with Crippen molar-refractivity contribution < 1.29 is 13.9 Å². The summed E-state index contributed by atoms with van der Waals surface area (Å²) in [6.45, 7) is 0.729. The van der Waals surface area contributed by atoms with Crippen LogP contribution in [0.4, 0.5) is 21.0 Å². The van der Waals surface area contributed by atoms with E-state index in [0.29, 0.717) is 39.5 Å². The van der Waals surface area contributed by atoms with Crippen LogP contribution in [-0.4, -0.2) is 40.2 Å². The number of anilines is 3. The lowest BCUT2D eigenvalue weighted by molar-refractivity contribution is 0.315. The van der Waals surface area contributed by atoms with Crippen LogP contribution in [0.3, 0.4) is 0 Å². The molecular formula is C27H21FN8O2S. The summed E-state index contributed by atoms with van der Waals surface area (Å²) in [6, 6.07) is 9.34. The maximum atomic E-state index is 16.5. The summed E-state index contributed by atoms with van der Waals surface area (Å²) in [6.07, 6.45) is 3.34. The highest BCUT2D eigenvalue weighted by Crippen LogP contribution is 2.47. The number of fused-ring (bicyclic) bond motifs is 2. The zero-order valence-corrected chi connectivity index (χ0v) is 21.5. The lowest BCUT2D eigenvalue weighted by Gasteiger charge is -2.30. The maximum Gasteiger partial charge on any atom is 0.318 e. The van der Waals surface area contributed by atoms with Gasteiger partial charge < -0.3 is 25.8 Å². The zero-order chi connectivity index (χ0) is 26.8. The van der Waals surface area contributed by atoms with Crippen LogP contribution < -0.4 is 25.8 Å². The van der Waals surface area contributed by atoms with Gasteiger partial charge in [0.05, 0.1) is 25.3 Å². The fourth-order valence-electron chi connectivity index (χ4n) is 5.69. The number of methoxy groups -OCH3 is 1. The summed E-state index contributed by atoms with van der Waals surface area (Å²) in [5.74, 6) is 0.459. The Bertz CT molecular complexity index is 1870. The molecule has 10 nitrogen and oxygen atoms in total. The van der Waals surface area contributed by atoms with Gasteiger partial charge in [-0.2, -0.15) is 15.2 Å². The molecule has 0 amide bonds. The highest BCUT2D eigenvalue weighted by molar-refractivity contribution is 7.23. The van der Waals surface area contributed by atoms with E-state index in [-0.39, 0.29) is 41.3 Å². The van der Waals surface area contributed by atoms with Crippen molar-refractivity contribution in [2.45, 2.75) is 18.9 Å². The van der Waals surface area contributed by atoms with Crippen LogP contribution in [0.1, 0.15) is 29.2 Å². The van der Waals surface area contributed by atoms with E-state index >= 15 is 4.39 Å². The van der Waals surface area contributed by atoms with Gasteiger partial charge in [-0.05, 0) is 30.5 Å². The fraction of sp³-hybridized carbons (Fsp3) is 0.222. The summed E-state index contributed by atoms with van der Waals surface area (Å²) in [5.41, 5.74) is 15.2. The topological polar surface area (TPSA) is 149 Å². The largest absolute Gasteiger partial charge is 0.475 e. The molecule has 4 aromatic heterocycles. The van der Waals surface area contributed by atoms with E-state index in [0.717, 1.165) is 28.7 Å². The number of hydrogen-bond donors (Lipinski definition) is 2. The number of nitrogens with zero attached hydrogens (tertiary/aromatic N) is 6. The molecule has 39 heavy (non-hydrogen) atoms. The number of aryl methyl sites for hydroxylation is 1. The number of hydrogen-bond acceptors (Lipinski definition) is 11. The van der Waals surface area contributed by atoms with Gasteiger partial charge >= 0.3 is 6.01 Å². The predicted octanol–water partition coefficient (Wildman–Crippen LogP) is 4.37. The van der Waals surface area contributed by atoms with Crippen molar-refractivity contribution in [2.75, 3.05) is 36.6 Å². The molecule has 5 heterocycles. The van der Waals surface area contributed by atoms with Gasteiger partial charge in [0, 0.05) is 27.4 Å². The molecular weight excluding hydrogens is 519 g/mol. The van der Waals surface area contributed by atoms with E-state index in [4.69, 9.17) is 20.9 Å². The second-order valence-electron chi connectivity index (χ2n) is 9.33. The first-order chi connectivity index (χ1) is 19.0. The van der Waals surface area contributed by atoms with Crippen LogP contribution in [0.5, 0.6) is 11.9 Å². The number of rotatable bonds is 3. The highest BCUT2D eigenvalue weighted by Gasteiger charge is 2.36. The Morgan fingerprint density at radius 3 is 2.90 bits per heavy atom. The van der Waals surface area contributed by atoms with E-state index in [2.05, 4.69) is 30.9 Å². The molecule has 1 aliphatic heterocycles. The average Bonchev–Trinajstić information content (AvgIpc) is 3.47. The van der Waals surface area contributed by atoms with Crippen molar-refractivity contribution >= 4 is 49.0 Å². The van der Waals surface area contributed by atoms with Crippen molar-refractivity contribution in [1.82, 2.24) is 19.9 Å². The molecule has 12 heteroatoms. The van der Waals surface area contributed by atoms with Gasteiger partial charge in [0.2, 0.25) is 5.88 Å². The molecule has 1 atom stereocenters. The Morgan fingerprint density at radius 1 is 1.21 bits per heavy atom. The molecule has 2 aliphatic rings. The van der Waals surface area contributed by atoms with Gasteiger partial charge in [-0.15, -0.1) is 11.3 Å². The van der Waals surface area contributed by atoms with E-state index in [1.807, 2.05) is 12.1 Å². The molecule has 0 bridgehead atoms. The Labute approximate surface area is 225 Å². The predicted molar refractivity (Wildman–Crippen MR) is 146 cm³/mol. The number of pyridine rings is 2. The van der Waals surface area contributed by atoms with E-state index in [1.165, 1.54) is 18.4 Å². The normalized spacial score (nSPS) is 16.1. The summed E-state index contributed by atoms with van der Waals surface area (Å²) < 4.78 is 28.8. The number of nitrogens with two attached hydrogens (primary N) is 2. The first-order valence-electron chi connectivity index (χ1n) is 12.3. The zero-order valence-electron chi connectivity index (χ0n) is 20.7. The number of benzene rings is 1. The van der Waals surface area contributed by atoms with E-state index in [9.17, 15) is 5.26 Å². The number of aromatic nitrogens is 4. The summed E-state index contributed by atoms with van der Waals surface area (Å²) in [5, 5.41) is 11.0. The standard InChI is InChI=1S/C27H21FN8O2S/c1-37-27-34-22-19-25(35-27)36(15-6-5-12-7-8-32-23(30)17(12)15)9-10-38-26(19)33-21(20(22)28)13-3-2-4-16-18(13)14(11-29)24(31)39-16/h2-4,7-8,15H,5-6,9-10,31H2,1H3,(H2,30,32). The third-order valence-electron chi connectivity index (χ3n) is 7.36. The van der Waals surface area contributed by atoms with Gasteiger partial charge in [0.25, 0.3) is 0 Å². The quantitative estimate of drug-likeness (QED) is 0.338. The van der Waals surface area contributed by atoms with Gasteiger partial charge in [-0.1, -0.05) is 12.1 Å². The van der Waals surface area contributed by atoms with Crippen molar-refractivity contribution in [1.29, 1.82) is 5.26 Å². The highest BCUT2D eigenvalue weighted by atomic mass is 32.1. The van der Waals surface area contributed by atoms with E-state index in [1.54, 1.807) is 18.3 Å². The van der Waals surface area contributed by atoms with Crippen molar-refractivity contribution in [3.05, 3.63) is 53.0 Å². The van der Waals surface area contributed by atoms with Crippen LogP contribution in [-0.2, 0) is 6.42 Å². The molecule has 1 aliphatic carbocycles. The SMILES string of the molecule is COc1nc2c3c(nc(-c4cccc5sc(N)c(C#N)c45)c(F)c3n1)OCCN2C1CCc2ccnc(N)c21.